The number of carbonyl (C=O) groups is 1. The second kappa shape index (κ2) is 5.40. The van der Waals surface area contributed by atoms with Gasteiger partial charge in [0, 0.05) is 22.9 Å². The number of benzene rings is 2. The predicted octanol–water partition coefficient (Wildman–Crippen LogP) is 3.36. The van der Waals surface area contributed by atoms with Crippen LogP contribution < -0.4 is 5.73 Å². The predicted molar refractivity (Wildman–Crippen MR) is 77.0 cm³/mol. The monoisotopic (exact) mass is 253 g/mol. The summed E-state index contributed by atoms with van der Waals surface area (Å²) in [5, 5.41) is 9.93. The fourth-order valence-electron chi connectivity index (χ4n) is 1.73. The number of aryl methyl sites for hydroxylation is 1. The van der Waals surface area contributed by atoms with Gasteiger partial charge < -0.3 is 10.8 Å². The Bertz CT molecular complexity index is 627. The fourth-order valence-corrected chi connectivity index (χ4v) is 1.73. The van der Waals surface area contributed by atoms with Crippen molar-refractivity contribution in [3.63, 3.8) is 0 Å². The minimum atomic E-state index is -0.309. The molecule has 0 fully saturated rings. The van der Waals surface area contributed by atoms with Gasteiger partial charge in [-0.05, 0) is 19.1 Å². The van der Waals surface area contributed by atoms with E-state index in [4.69, 9.17) is 5.73 Å². The SMILES string of the molecule is Cc1ccc(/C(O)=C/C(=O)c2ccccc2N)cc1. The minimum Gasteiger partial charge on any atom is -0.507 e. The van der Waals surface area contributed by atoms with E-state index in [-0.39, 0.29) is 11.5 Å². The van der Waals surface area contributed by atoms with Gasteiger partial charge in [-0.3, -0.25) is 4.79 Å². The maximum absolute atomic E-state index is 12.0. The van der Waals surface area contributed by atoms with Crippen molar-refractivity contribution in [3.8, 4) is 0 Å². The van der Waals surface area contributed by atoms with Gasteiger partial charge in [0.2, 0.25) is 0 Å². The number of para-hydroxylation sites is 1. The summed E-state index contributed by atoms with van der Waals surface area (Å²) < 4.78 is 0. The van der Waals surface area contributed by atoms with E-state index in [1.165, 1.54) is 6.08 Å². The smallest absolute Gasteiger partial charge is 0.191 e. The Morgan fingerprint density at radius 3 is 2.37 bits per heavy atom. The first-order chi connectivity index (χ1) is 9.08. The molecule has 0 aliphatic rings. The summed E-state index contributed by atoms with van der Waals surface area (Å²) in [6, 6.07) is 14.1. The minimum absolute atomic E-state index is 0.0618. The molecule has 96 valence electrons. The van der Waals surface area contributed by atoms with E-state index in [1.807, 2.05) is 19.1 Å². The van der Waals surface area contributed by atoms with Gasteiger partial charge in [-0.1, -0.05) is 42.0 Å². The maximum atomic E-state index is 12.0. The summed E-state index contributed by atoms with van der Waals surface area (Å²) in [4.78, 5) is 12.0. The number of nitrogens with two attached hydrogens (primary N) is 1. The third-order valence-corrected chi connectivity index (χ3v) is 2.84. The molecular weight excluding hydrogens is 238 g/mol. The average molecular weight is 253 g/mol. The summed E-state index contributed by atoms with van der Waals surface area (Å²) in [5.41, 5.74) is 8.21. The number of anilines is 1. The molecule has 0 saturated heterocycles. The van der Waals surface area contributed by atoms with E-state index in [2.05, 4.69) is 0 Å². The van der Waals surface area contributed by atoms with Crippen molar-refractivity contribution >= 4 is 17.2 Å². The van der Waals surface area contributed by atoms with E-state index < -0.39 is 0 Å². The molecule has 2 aromatic rings. The Balaban J connectivity index is 2.28. The van der Waals surface area contributed by atoms with E-state index in [9.17, 15) is 9.90 Å². The largest absolute Gasteiger partial charge is 0.507 e. The molecule has 0 aliphatic heterocycles. The third-order valence-electron chi connectivity index (χ3n) is 2.84. The molecule has 3 heteroatoms. The van der Waals surface area contributed by atoms with Crippen LogP contribution in [0.5, 0.6) is 0 Å². The third kappa shape index (κ3) is 3.01. The van der Waals surface area contributed by atoms with Gasteiger partial charge in [0.25, 0.3) is 0 Å². The van der Waals surface area contributed by atoms with Crippen LogP contribution in [0.2, 0.25) is 0 Å². The second-order valence-corrected chi connectivity index (χ2v) is 4.35. The van der Waals surface area contributed by atoms with Crippen LogP contribution in [0.25, 0.3) is 5.76 Å². The molecule has 2 rings (SSSR count). The fraction of sp³-hybridized carbons (Fsp3) is 0.0625. The van der Waals surface area contributed by atoms with Crippen molar-refractivity contribution in [1.29, 1.82) is 0 Å². The summed E-state index contributed by atoms with van der Waals surface area (Å²) in [7, 11) is 0. The first kappa shape index (κ1) is 12.9. The van der Waals surface area contributed by atoms with Gasteiger partial charge in [-0.2, -0.15) is 0 Å². The Morgan fingerprint density at radius 2 is 1.74 bits per heavy atom. The van der Waals surface area contributed by atoms with E-state index >= 15 is 0 Å². The van der Waals surface area contributed by atoms with Gasteiger partial charge >= 0.3 is 0 Å². The van der Waals surface area contributed by atoms with E-state index in [1.54, 1.807) is 36.4 Å². The van der Waals surface area contributed by atoms with Crippen LogP contribution in [0, 0.1) is 6.92 Å². The Hall–Kier alpha value is -2.55. The zero-order valence-corrected chi connectivity index (χ0v) is 10.6. The molecule has 0 aliphatic carbocycles. The van der Waals surface area contributed by atoms with Crippen LogP contribution in [0.4, 0.5) is 5.69 Å². The molecule has 0 saturated carbocycles. The Labute approximate surface area is 112 Å². The lowest BCUT2D eigenvalue weighted by Gasteiger charge is -2.03. The van der Waals surface area contributed by atoms with Crippen LogP contribution in [-0.4, -0.2) is 10.9 Å². The standard InChI is InChI=1S/C16H15NO2/c1-11-6-8-12(9-7-11)15(18)10-16(19)13-4-2-3-5-14(13)17/h2-10,18H,17H2,1H3/b15-10-. The summed E-state index contributed by atoms with van der Waals surface area (Å²) >= 11 is 0. The molecule has 3 N–H and O–H groups in total. The lowest BCUT2D eigenvalue weighted by molar-refractivity contribution is 0.104. The molecule has 19 heavy (non-hydrogen) atoms. The molecule has 0 bridgehead atoms. The molecule has 0 spiro atoms. The van der Waals surface area contributed by atoms with Crippen molar-refractivity contribution in [3.05, 3.63) is 71.3 Å². The molecule has 0 amide bonds. The van der Waals surface area contributed by atoms with Crippen LogP contribution in [0.1, 0.15) is 21.5 Å². The number of hydrogen-bond donors (Lipinski definition) is 2. The van der Waals surface area contributed by atoms with E-state index in [0.717, 1.165) is 5.56 Å². The Kier molecular flexibility index (Phi) is 3.66. The molecule has 0 radical (unpaired) electrons. The number of ketones is 1. The number of carbonyl (C=O) groups excluding carboxylic acids is 1. The van der Waals surface area contributed by atoms with Crippen LogP contribution in [0.3, 0.4) is 0 Å². The highest BCUT2D eigenvalue weighted by Gasteiger charge is 2.08. The summed E-state index contributed by atoms with van der Waals surface area (Å²) in [6.07, 6.45) is 1.19. The van der Waals surface area contributed by atoms with Crippen molar-refractivity contribution in [1.82, 2.24) is 0 Å². The van der Waals surface area contributed by atoms with Crippen LogP contribution >= 0.6 is 0 Å². The molecular formula is C16H15NO2. The molecule has 0 heterocycles. The summed E-state index contributed by atoms with van der Waals surface area (Å²) in [5.74, 6) is -0.371. The zero-order chi connectivity index (χ0) is 13.8. The topological polar surface area (TPSA) is 63.3 Å². The second-order valence-electron chi connectivity index (χ2n) is 4.35. The van der Waals surface area contributed by atoms with Gasteiger partial charge in [-0.15, -0.1) is 0 Å². The van der Waals surface area contributed by atoms with Crippen molar-refractivity contribution in [2.24, 2.45) is 0 Å². The van der Waals surface area contributed by atoms with Gasteiger partial charge in [0.15, 0.2) is 5.78 Å². The molecule has 0 unspecified atom stereocenters. The molecule has 0 atom stereocenters. The lowest BCUT2D eigenvalue weighted by Crippen LogP contribution is -2.01. The normalized spacial score (nSPS) is 11.3. The Morgan fingerprint density at radius 1 is 1.11 bits per heavy atom. The van der Waals surface area contributed by atoms with Gasteiger partial charge in [0.1, 0.15) is 5.76 Å². The first-order valence-corrected chi connectivity index (χ1v) is 5.94. The van der Waals surface area contributed by atoms with E-state index in [0.29, 0.717) is 16.8 Å². The van der Waals surface area contributed by atoms with Gasteiger partial charge in [-0.25, -0.2) is 0 Å². The average Bonchev–Trinajstić information content (AvgIpc) is 2.39. The highest BCUT2D eigenvalue weighted by molar-refractivity contribution is 6.10. The number of rotatable bonds is 3. The van der Waals surface area contributed by atoms with Crippen molar-refractivity contribution < 1.29 is 9.90 Å². The number of hydrogen-bond acceptors (Lipinski definition) is 3. The first-order valence-electron chi connectivity index (χ1n) is 5.94. The van der Waals surface area contributed by atoms with Gasteiger partial charge in [0.05, 0.1) is 0 Å². The molecule has 0 aromatic heterocycles. The quantitative estimate of drug-likeness (QED) is 0.381. The number of allylic oxidation sites excluding steroid dienone is 1. The summed E-state index contributed by atoms with van der Waals surface area (Å²) in [6.45, 7) is 1.96. The molecule has 3 nitrogen and oxygen atoms in total. The highest BCUT2D eigenvalue weighted by atomic mass is 16.3. The van der Waals surface area contributed by atoms with Crippen LogP contribution in [0.15, 0.2) is 54.6 Å². The highest BCUT2D eigenvalue weighted by Crippen LogP contribution is 2.16. The number of aliphatic hydroxyl groups is 1. The maximum Gasteiger partial charge on any atom is 0.191 e. The van der Waals surface area contributed by atoms with Crippen molar-refractivity contribution in [2.75, 3.05) is 5.73 Å². The zero-order valence-electron chi connectivity index (χ0n) is 10.6. The van der Waals surface area contributed by atoms with Crippen LogP contribution in [-0.2, 0) is 0 Å². The molecule has 2 aromatic carbocycles. The lowest BCUT2D eigenvalue weighted by atomic mass is 10.1. The number of nitrogen functional groups attached to an aromatic ring is 1. The van der Waals surface area contributed by atoms with Crippen molar-refractivity contribution in [2.45, 2.75) is 6.92 Å². The number of aliphatic hydroxyl groups excluding tert-OH is 1.